The summed E-state index contributed by atoms with van der Waals surface area (Å²) in [6, 6.07) is 7.45. The second-order valence-electron chi connectivity index (χ2n) is 2.44. The van der Waals surface area contributed by atoms with Gasteiger partial charge in [-0.15, -0.1) is 0 Å². The van der Waals surface area contributed by atoms with Crippen LogP contribution in [0.1, 0.15) is 0 Å². The molecule has 2 aromatic heterocycles. The molecule has 0 aliphatic carbocycles. The molecule has 14 heavy (non-hydrogen) atoms. The molecule has 0 aliphatic rings. The summed E-state index contributed by atoms with van der Waals surface area (Å²) in [7, 11) is 0. The molecule has 2 aromatic rings. The summed E-state index contributed by atoms with van der Waals surface area (Å²) >= 11 is 4.85. The van der Waals surface area contributed by atoms with Crippen LogP contribution in [0, 0.1) is 0 Å². The fourth-order valence-corrected chi connectivity index (χ4v) is 1.16. The zero-order valence-electron chi connectivity index (χ0n) is 7.71. The van der Waals surface area contributed by atoms with Crippen molar-refractivity contribution in [3.63, 3.8) is 0 Å². The Balaban J connectivity index is 0.000000980. The molecule has 0 saturated carbocycles. The summed E-state index contributed by atoms with van der Waals surface area (Å²) < 4.78 is 0. The summed E-state index contributed by atoms with van der Waals surface area (Å²) in [6.45, 7) is 0. The van der Waals surface area contributed by atoms with Crippen molar-refractivity contribution in [2.45, 2.75) is 5.16 Å². The molecule has 0 bridgehead atoms. The van der Waals surface area contributed by atoms with Crippen LogP contribution in [0.4, 0.5) is 0 Å². The van der Waals surface area contributed by atoms with Gasteiger partial charge in [0, 0.05) is 17.6 Å². The van der Waals surface area contributed by atoms with Gasteiger partial charge in [0.2, 0.25) is 0 Å². The summed E-state index contributed by atoms with van der Waals surface area (Å²) in [6.07, 6.45) is 3.36. The molecular weight excluding hydrogens is 221 g/mol. The predicted octanol–water partition coefficient (Wildman–Crippen LogP) is -1.55. The Morgan fingerprint density at radius 3 is 2.43 bits per heavy atom. The van der Waals surface area contributed by atoms with E-state index in [0.717, 1.165) is 11.4 Å². The molecule has 3 nitrogen and oxygen atoms in total. The molecule has 2 heterocycles. The van der Waals surface area contributed by atoms with Crippen molar-refractivity contribution >= 4 is 12.6 Å². The van der Waals surface area contributed by atoms with Crippen LogP contribution < -0.4 is 51.4 Å². The van der Waals surface area contributed by atoms with Gasteiger partial charge in [0.25, 0.3) is 0 Å². The second-order valence-corrected chi connectivity index (χ2v) is 2.80. The van der Waals surface area contributed by atoms with Gasteiger partial charge >= 0.3 is 51.4 Å². The maximum atomic E-state index is 4.85. The minimum absolute atomic E-state index is 0. The molecule has 0 fully saturated rings. The maximum absolute atomic E-state index is 4.85. The summed E-state index contributed by atoms with van der Waals surface area (Å²) in [5.41, 5.74) is 1.58. The van der Waals surface area contributed by atoms with Crippen molar-refractivity contribution < 1.29 is 51.4 Å². The van der Waals surface area contributed by atoms with Gasteiger partial charge in [0.15, 0.2) is 0 Å². The average Bonchev–Trinajstić information content (AvgIpc) is 2.19. The molecule has 0 atom stereocenters. The van der Waals surface area contributed by atoms with Gasteiger partial charge in [-0.05, 0) is 18.2 Å². The monoisotopic (exact) mass is 227 g/mol. The van der Waals surface area contributed by atoms with E-state index in [9.17, 15) is 0 Å². The SMILES string of the molecule is [K+].[S-]c1nccc(-c2ccccn2)n1. The third-order valence-electron chi connectivity index (χ3n) is 1.56. The molecule has 64 valence electrons. The third kappa shape index (κ3) is 3.05. The minimum Gasteiger partial charge on any atom is -0.740 e. The van der Waals surface area contributed by atoms with Crippen LogP contribution in [0.3, 0.4) is 0 Å². The molecule has 0 aromatic carbocycles. The first-order valence-electron chi connectivity index (χ1n) is 3.78. The topological polar surface area (TPSA) is 38.7 Å². The standard InChI is InChI=1S/C9H7N3S.K/c13-9-11-6-4-8(12-9)7-3-1-2-5-10-7;/h1-6H,(H,11,12,13);/q;+1/p-1. The Hall–Kier alpha value is 0.0864. The van der Waals surface area contributed by atoms with Crippen molar-refractivity contribution in [3.8, 4) is 11.4 Å². The van der Waals surface area contributed by atoms with E-state index in [0.29, 0.717) is 5.16 Å². The van der Waals surface area contributed by atoms with Crippen molar-refractivity contribution in [3.05, 3.63) is 36.7 Å². The number of hydrogen-bond acceptors (Lipinski definition) is 4. The van der Waals surface area contributed by atoms with Gasteiger partial charge in [-0.25, -0.2) is 0 Å². The Morgan fingerprint density at radius 1 is 0.929 bits per heavy atom. The number of rotatable bonds is 1. The molecule has 0 radical (unpaired) electrons. The molecule has 0 amide bonds. The van der Waals surface area contributed by atoms with E-state index in [-0.39, 0.29) is 51.4 Å². The molecular formula is C9H6KN3S. The van der Waals surface area contributed by atoms with Gasteiger partial charge in [-0.1, -0.05) is 6.07 Å². The Kier molecular flexibility index (Phi) is 5.07. The average molecular weight is 227 g/mol. The van der Waals surface area contributed by atoms with E-state index in [4.69, 9.17) is 12.6 Å². The zero-order valence-corrected chi connectivity index (χ0v) is 11.7. The molecule has 0 spiro atoms. The Morgan fingerprint density at radius 2 is 1.79 bits per heavy atom. The van der Waals surface area contributed by atoms with Crippen LogP contribution in [0.5, 0.6) is 0 Å². The van der Waals surface area contributed by atoms with E-state index in [2.05, 4.69) is 15.0 Å². The predicted molar refractivity (Wildman–Crippen MR) is 50.9 cm³/mol. The maximum Gasteiger partial charge on any atom is 1.00 e. The summed E-state index contributed by atoms with van der Waals surface area (Å²) in [5.74, 6) is 0. The zero-order chi connectivity index (χ0) is 9.10. The fourth-order valence-electron chi connectivity index (χ4n) is 0.998. The van der Waals surface area contributed by atoms with Gasteiger partial charge in [-0.3, -0.25) is 15.0 Å². The quantitative estimate of drug-likeness (QED) is 0.336. The minimum atomic E-state index is 0. The van der Waals surface area contributed by atoms with Gasteiger partial charge in [-0.2, -0.15) is 0 Å². The Bertz CT molecular complexity index is 408. The van der Waals surface area contributed by atoms with Gasteiger partial charge in [0.1, 0.15) is 0 Å². The molecule has 5 heteroatoms. The summed E-state index contributed by atoms with van der Waals surface area (Å²) in [5, 5.41) is 0.350. The van der Waals surface area contributed by atoms with Gasteiger partial charge in [0.05, 0.1) is 11.4 Å². The summed E-state index contributed by atoms with van der Waals surface area (Å²) in [4.78, 5) is 12.1. The van der Waals surface area contributed by atoms with Crippen molar-refractivity contribution in [1.82, 2.24) is 15.0 Å². The Labute approximate surface area is 130 Å². The normalized spacial score (nSPS) is 9.14. The second kappa shape index (κ2) is 5.84. The number of pyridine rings is 1. The van der Waals surface area contributed by atoms with Crippen LogP contribution in [-0.2, 0) is 12.6 Å². The third-order valence-corrected chi connectivity index (χ3v) is 1.76. The first-order valence-corrected chi connectivity index (χ1v) is 4.18. The van der Waals surface area contributed by atoms with Crippen LogP contribution in [-0.4, -0.2) is 15.0 Å². The van der Waals surface area contributed by atoms with E-state index in [1.54, 1.807) is 18.5 Å². The van der Waals surface area contributed by atoms with Crippen molar-refractivity contribution in [2.24, 2.45) is 0 Å². The van der Waals surface area contributed by atoms with Crippen molar-refractivity contribution in [2.75, 3.05) is 0 Å². The van der Waals surface area contributed by atoms with Crippen LogP contribution in [0.25, 0.3) is 11.4 Å². The molecule has 2 rings (SSSR count). The van der Waals surface area contributed by atoms with Crippen LogP contribution in [0.15, 0.2) is 41.8 Å². The van der Waals surface area contributed by atoms with Crippen molar-refractivity contribution in [1.29, 1.82) is 0 Å². The van der Waals surface area contributed by atoms with E-state index >= 15 is 0 Å². The molecule has 0 saturated heterocycles. The first-order chi connectivity index (χ1) is 6.36. The number of hydrogen-bond donors (Lipinski definition) is 0. The molecule has 0 aliphatic heterocycles. The fraction of sp³-hybridized carbons (Fsp3) is 0. The van der Waals surface area contributed by atoms with E-state index < -0.39 is 0 Å². The number of nitrogens with zero attached hydrogens (tertiary/aromatic N) is 3. The van der Waals surface area contributed by atoms with Gasteiger partial charge < -0.3 is 12.6 Å². The number of aromatic nitrogens is 3. The smallest absolute Gasteiger partial charge is 0.740 e. The van der Waals surface area contributed by atoms with Crippen LogP contribution >= 0.6 is 0 Å². The largest absolute Gasteiger partial charge is 1.00 e. The van der Waals surface area contributed by atoms with Crippen LogP contribution in [0.2, 0.25) is 0 Å². The first kappa shape index (κ1) is 12.2. The molecule has 0 unspecified atom stereocenters. The van der Waals surface area contributed by atoms with E-state index in [1.807, 2.05) is 18.2 Å². The van der Waals surface area contributed by atoms with E-state index in [1.165, 1.54) is 0 Å². The molecule has 0 N–H and O–H groups in total.